The van der Waals surface area contributed by atoms with Gasteiger partial charge in [0.25, 0.3) is 5.91 Å². The van der Waals surface area contributed by atoms with E-state index in [-0.39, 0.29) is 17.3 Å². The molecule has 1 heterocycles. The maximum Gasteiger partial charge on any atom is 0.354 e. The van der Waals surface area contributed by atoms with Gasteiger partial charge in [0.15, 0.2) is 0 Å². The maximum atomic E-state index is 12.2. The van der Waals surface area contributed by atoms with Crippen LogP contribution in [0.15, 0.2) is 35.1 Å². The third kappa shape index (κ3) is 4.86. The summed E-state index contributed by atoms with van der Waals surface area (Å²) < 4.78 is 0.599. The molecular formula is C15H17BrN6O3. The summed E-state index contributed by atoms with van der Waals surface area (Å²) in [4.78, 5) is 30.8. The Hall–Kier alpha value is -2.75. The topological polar surface area (TPSA) is 122 Å². The highest BCUT2D eigenvalue weighted by Gasteiger charge is 2.26. The molecule has 1 amide bonds. The number of anilines is 2. The van der Waals surface area contributed by atoms with Crippen LogP contribution in [0, 0.1) is 10.1 Å². The van der Waals surface area contributed by atoms with E-state index in [9.17, 15) is 14.9 Å². The van der Waals surface area contributed by atoms with Crippen molar-refractivity contribution >= 4 is 39.2 Å². The van der Waals surface area contributed by atoms with E-state index in [1.807, 2.05) is 20.8 Å². The van der Waals surface area contributed by atoms with Gasteiger partial charge in [0.2, 0.25) is 11.6 Å². The van der Waals surface area contributed by atoms with Gasteiger partial charge < -0.3 is 5.32 Å². The highest BCUT2D eigenvalue weighted by molar-refractivity contribution is 9.10. The van der Waals surface area contributed by atoms with E-state index in [4.69, 9.17) is 0 Å². The van der Waals surface area contributed by atoms with E-state index in [0.717, 1.165) is 0 Å². The van der Waals surface area contributed by atoms with Gasteiger partial charge in [-0.1, -0.05) is 12.1 Å². The lowest BCUT2D eigenvalue weighted by atomic mass is 10.1. The highest BCUT2D eigenvalue weighted by atomic mass is 79.9. The summed E-state index contributed by atoms with van der Waals surface area (Å²) in [6.07, 6.45) is 1.17. The van der Waals surface area contributed by atoms with Crippen molar-refractivity contribution in [1.82, 2.24) is 15.4 Å². The smallest absolute Gasteiger partial charge is 0.354 e. The first-order valence-electron chi connectivity index (χ1n) is 7.27. The Balaban J connectivity index is 2.25. The summed E-state index contributed by atoms with van der Waals surface area (Å²) in [5.41, 5.74) is 4.48. The van der Waals surface area contributed by atoms with Crippen molar-refractivity contribution in [1.29, 1.82) is 0 Å². The minimum absolute atomic E-state index is 0.0603. The molecule has 0 aliphatic carbocycles. The number of carbonyl (C=O) groups is 1. The fourth-order valence-electron chi connectivity index (χ4n) is 1.92. The second-order valence-electron chi connectivity index (χ2n) is 6.11. The van der Waals surface area contributed by atoms with Crippen molar-refractivity contribution in [3.05, 3.63) is 50.7 Å². The van der Waals surface area contributed by atoms with Crippen molar-refractivity contribution in [3.8, 4) is 0 Å². The van der Waals surface area contributed by atoms with Crippen molar-refractivity contribution in [2.24, 2.45) is 0 Å². The Morgan fingerprint density at radius 2 is 1.84 bits per heavy atom. The van der Waals surface area contributed by atoms with Crippen molar-refractivity contribution < 1.29 is 9.72 Å². The number of hydrazine groups is 1. The van der Waals surface area contributed by atoms with Crippen LogP contribution in [0.4, 0.5) is 17.3 Å². The molecule has 0 bridgehead atoms. The maximum absolute atomic E-state index is 12.2. The highest BCUT2D eigenvalue weighted by Crippen LogP contribution is 2.30. The van der Waals surface area contributed by atoms with Crippen LogP contribution in [-0.4, -0.2) is 26.3 Å². The first kappa shape index (κ1) is 18.6. The molecule has 0 spiro atoms. The number of amides is 1. The molecule has 1 aromatic heterocycles. The average Bonchev–Trinajstić information content (AvgIpc) is 2.51. The quantitative estimate of drug-likeness (QED) is 0.512. The number of carbonyl (C=O) groups excluding carboxylic acids is 1. The number of halogens is 1. The SMILES string of the molecule is CC(C)(C)Nc1ncnc(NNC(=O)c2ccccc2Br)c1[N+](=O)[O-]. The molecule has 0 atom stereocenters. The minimum Gasteiger partial charge on any atom is -0.360 e. The molecule has 9 nitrogen and oxygen atoms in total. The average molecular weight is 409 g/mol. The number of benzene rings is 1. The second kappa shape index (κ2) is 7.43. The van der Waals surface area contributed by atoms with E-state index < -0.39 is 16.4 Å². The first-order chi connectivity index (χ1) is 11.7. The van der Waals surface area contributed by atoms with Gasteiger partial charge in [0, 0.05) is 10.0 Å². The molecule has 25 heavy (non-hydrogen) atoms. The standard InChI is InChI=1S/C15H17BrN6O3/c1-15(2,3)19-12-11(22(24)25)13(18-8-17-12)20-21-14(23)9-6-4-5-7-10(9)16/h4-8H,1-3H3,(H,21,23)(H2,17,18,19,20). The summed E-state index contributed by atoms with van der Waals surface area (Å²) in [5, 5.41) is 14.4. The molecule has 1 aromatic carbocycles. The lowest BCUT2D eigenvalue weighted by Crippen LogP contribution is -2.31. The number of hydrogen-bond acceptors (Lipinski definition) is 7. The molecule has 0 saturated carbocycles. The molecule has 0 fully saturated rings. The van der Waals surface area contributed by atoms with Crippen molar-refractivity contribution in [2.75, 3.05) is 10.7 Å². The van der Waals surface area contributed by atoms with Crippen LogP contribution in [-0.2, 0) is 0 Å². The summed E-state index contributed by atoms with van der Waals surface area (Å²) in [5.74, 6) is -0.525. The molecule has 0 aliphatic rings. The van der Waals surface area contributed by atoms with E-state index in [0.29, 0.717) is 10.0 Å². The molecule has 0 aliphatic heterocycles. The van der Waals surface area contributed by atoms with Crippen LogP contribution < -0.4 is 16.2 Å². The summed E-state index contributed by atoms with van der Waals surface area (Å²) in [6.45, 7) is 5.54. The largest absolute Gasteiger partial charge is 0.360 e. The number of hydrogen-bond donors (Lipinski definition) is 3. The van der Waals surface area contributed by atoms with E-state index >= 15 is 0 Å². The fraction of sp³-hybridized carbons (Fsp3) is 0.267. The lowest BCUT2D eigenvalue weighted by Gasteiger charge is -2.21. The molecule has 132 valence electrons. The predicted molar refractivity (Wildman–Crippen MR) is 97.3 cm³/mol. The molecule has 10 heteroatoms. The number of aromatic nitrogens is 2. The predicted octanol–water partition coefficient (Wildman–Crippen LogP) is 3.11. The van der Waals surface area contributed by atoms with E-state index in [1.165, 1.54) is 6.33 Å². The first-order valence-corrected chi connectivity index (χ1v) is 8.07. The Bertz CT molecular complexity index is 806. The number of rotatable bonds is 5. The summed E-state index contributed by atoms with van der Waals surface area (Å²) in [7, 11) is 0. The molecule has 0 unspecified atom stereocenters. The Morgan fingerprint density at radius 1 is 1.20 bits per heavy atom. The van der Waals surface area contributed by atoms with Crippen LogP contribution in [0.2, 0.25) is 0 Å². The Morgan fingerprint density at radius 3 is 2.44 bits per heavy atom. The molecule has 3 N–H and O–H groups in total. The third-order valence-corrected chi connectivity index (χ3v) is 3.60. The monoisotopic (exact) mass is 408 g/mol. The zero-order valence-corrected chi connectivity index (χ0v) is 15.4. The molecule has 2 aromatic rings. The van der Waals surface area contributed by atoms with Crippen molar-refractivity contribution in [3.63, 3.8) is 0 Å². The van der Waals surface area contributed by atoms with E-state index in [1.54, 1.807) is 24.3 Å². The molecule has 2 rings (SSSR count). The van der Waals surface area contributed by atoms with Gasteiger partial charge in [0.05, 0.1) is 10.5 Å². The van der Waals surface area contributed by atoms with Gasteiger partial charge in [-0.15, -0.1) is 0 Å². The molecule has 0 radical (unpaired) electrons. The van der Waals surface area contributed by atoms with Gasteiger partial charge in [-0.3, -0.25) is 25.8 Å². The van der Waals surface area contributed by atoms with Crippen LogP contribution in [0.1, 0.15) is 31.1 Å². The van der Waals surface area contributed by atoms with Gasteiger partial charge >= 0.3 is 5.69 Å². The van der Waals surface area contributed by atoms with Crippen LogP contribution in [0.25, 0.3) is 0 Å². The number of nitrogens with zero attached hydrogens (tertiary/aromatic N) is 3. The van der Waals surface area contributed by atoms with Crippen LogP contribution in [0.5, 0.6) is 0 Å². The number of nitrogens with one attached hydrogen (secondary N) is 3. The molecular weight excluding hydrogens is 392 g/mol. The van der Waals surface area contributed by atoms with Crippen LogP contribution in [0.3, 0.4) is 0 Å². The summed E-state index contributed by atoms with van der Waals surface area (Å²) >= 11 is 3.27. The summed E-state index contributed by atoms with van der Waals surface area (Å²) in [6, 6.07) is 6.81. The normalized spacial score (nSPS) is 10.9. The van der Waals surface area contributed by atoms with Gasteiger partial charge in [-0.05, 0) is 48.8 Å². The zero-order valence-electron chi connectivity index (χ0n) is 13.8. The fourth-order valence-corrected chi connectivity index (χ4v) is 2.38. The minimum atomic E-state index is -0.610. The van der Waals surface area contributed by atoms with Gasteiger partial charge in [-0.2, -0.15) is 0 Å². The third-order valence-electron chi connectivity index (χ3n) is 2.91. The Kier molecular flexibility index (Phi) is 5.52. The van der Waals surface area contributed by atoms with Crippen LogP contribution >= 0.6 is 15.9 Å². The lowest BCUT2D eigenvalue weighted by molar-refractivity contribution is -0.383. The molecule has 0 saturated heterocycles. The second-order valence-corrected chi connectivity index (χ2v) is 6.96. The van der Waals surface area contributed by atoms with Crippen molar-refractivity contribution in [2.45, 2.75) is 26.3 Å². The number of nitro groups is 1. The Labute approximate surface area is 152 Å². The zero-order chi connectivity index (χ0) is 18.6. The van der Waals surface area contributed by atoms with Gasteiger partial charge in [-0.25, -0.2) is 9.97 Å². The van der Waals surface area contributed by atoms with Gasteiger partial charge in [0.1, 0.15) is 6.33 Å². The van der Waals surface area contributed by atoms with E-state index in [2.05, 4.69) is 42.1 Å².